The fraction of sp³-hybridized carbons (Fsp3) is 0.250. The number of anilines is 1. The number of hydrogen-bond acceptors (Lipinski definition) is 3. The number of rotatable bonds is 5. The highest BCUT2D eigenvalue weighted by Crippen LogP contribution is 2.20. The highest BCUT2D eigenvalue weighted by molar-refractivity contribution is 6.10. The fourth-order valence-electron chi connectivity index (χ4n) is 2.49. The summed E-state index contributed by atoms with van der Waals surface area (Å²) >= 11 is 0. The Labute approximate surface area is 142 Å². The van der Waals surface area contributed by atoms with Crippen molar-refractivity contribution >= 4 is 17.4 Å². The Morgan fingerprint density at radius 2 is 1.62 bits per heavy atom. The second-order valence-corrected chi connectivity index (χ2v) is 5.95. The van der Waals surface area contributed by atoms with Gasteiger partial charge in [-0.1, -0.05) is 48.0 Å². The Balaban J connectivity index is 2.12. The molecule has 0 spiro atoms. The Morgan fingerprint density at radius 3 is 2.17 bits per heavy atom. The van der Waals surface area contributed by atoms with Crippen LogP contribution in [0.2, 0.25) is 0 Å². The highest BCUT2D eigenvalue weighted by Gasteiger charge is 2.27. The van der Waals surface area contributed by atoms with Gasteiger partial charge in [-0.3, -0.25) is 9.59 Å². The number of benzene rings is 2. The maximum atomic E-state index is 12.4. The van der Waals surface area contributed by atoms with Gasteiger partial charge in [0.05, 0.1) is 6.07 Å². The molecule has 2 rings (SSSR count). The first-order valence-corrected chi connectivity index (χ1v) is 7.77. The molecule has 0 bridgehead atoms. The van der Waals surface area contributed by atoms with E-state index in [1.807, 2.05) is 69.3 Å². The van der Waals surface area contributed by atoms with Crippen molar-refractivity contribution in [1.29, 1.82) is 5.26 Å². The van der Waals surface area contributed by atoms with Gasteiger partial charge in [0, 0.05) is 12.1 Å². The van der Waals surface area contributed by atoms with E-state index >= 15 is 0 Å². The molecule has 0 aliphatic rings. The molecular weight excluding hydrogens is 300 g/mol. The number of nitrogens with zero attached hydrogens (tertiary/aromatic N) is 1. The molecule has 0 aliphatic heterocycles. The largest absolute Gasteiger partial charge is 0.324 e. The number of para-hydroxylation sites is 1. The van der Waals surface area contributed by atoms with E-state index < -0.39 is 17.6 Å². The molecule has 0 saturated heterocycles. The fourth-order valence-corrected chi connectivity index (χ4v) is 2.49. The Kier molecular flexibility index (Phi) is 5.49. The number of hydrogen-bond donors (Lipinski definition) is 1. The number of nitriles is 1. The molecular formula is C20H20N2O2. The molecule has 24 heavy (non-hydrogen) atoms. The van der Waals surface area contributed by atoms with Crippen LogP contribution in [0.3, 0.4) is 0 Å². The molecule has 0 aromatic heterocycles. The topological polar surface area (TPSA) is 70.0 Å². The molecule has 1 unspecified atom stereocenters. The summed E-state index contributed by atoms with van der Waals surface area (Å²) in [5.74, 6) is -2.29. The lowest BCUT2D eigenvalue weighted by atomic mass is 9.97. The zero-order valence-electron chi connectivity index (χ0n) is 14.1. The first-order valence-electron chi connectivity index (χ1n) is 7.77. The van der Waals surface area contributed by atoms with Gasteiger partial charge in [0.1, 0.15) is 0 Å². The van der Waals surface area contributed by atoms with Crippen molar-refractivity contribution in [3.8, 4) is 6.07 Å². The molecule has 122 valence electrons. The van der Waals surface area contributed by atoms with Crippen molar-refractivity contribution in [2.45, 2.75) is 27.2 Å². The van der Waals surface area contributed by atoms with Crippen LogP contribution >= 0.6 is 0 Å². The maximum Gasteiger partial charge on any atom is 0.249 e. The Hall–Kier alpha value is -2.93. The maximum absolute atomic E-state index is 12.4. The number of carbonyl (C=O) groups excluding carboxylic acids is 2. The first kappa shape index (κ1) is 17.4. The third-order valence-corrected chi connectivity index (χ3v) is 3.94. The van der Waals surface area contributed by atoms with Gasteiger partial charge in [-0.15, -0.1) is 0 Å². The van der Waals surface area contributed by atoms with Crippen LogP contribution in [0.15, 0.2) is 42.5 Å². The van der Waals surface area contributed by atoms with Crippen LogP contribution in [0.1, 0.15) is 22.3 Å². The van der Waals surface area contributed by atoms with Gasteiger partial charge in [-0.05, 0) is 37.5 Å². The predicted molar refractivity (Wildman–Crippen MR) is 93.5 cm³/mol. The van der Waals surface area contributed by atoms with E-state index in [9.17, 15) is 14.9 Å². The third-order valence-electron chi connectivity index (χ3n) is 3.94. The summed E-state index contributed by atoms with van der Waals surface area (Å²) in [7, 11) is 0. The van der Waals surface area contributed by atoms with Crippen molar-refractivity contribution in [3.05, 3.63) is 64.7 Å². The summed E-state index contributed by atoms with van der Waals surface area (Å²) in [5.41, 5.74) is 4.34. The van der Waals surface area contributed by atoms with Gasteiger partial charge in [0.15, 0.2) is 11.7 Å². The second kappa shape index (κ2) is 7.56. The first-order chi connectivity index (χ1) is 11.4. The summed E-state index contributed by atoms with van der Waals surface area (Å²) in [4.78, 5) is 24.7. The molecule has 0 heterocycles. The van der Waals surface area contributed by atoms with E-state index in [1.165, 1.54) is 0 Å². The van der Waals surface area contributed by atoms with E-state index in [2.05, 4.69) is 5.32 Å². The van der Waals surface area contributed by atoms with E-state index in [1.54, 1.807) is 0 Å². The SMILES string of the molecule is Cc1ccc(CC(=O)C(C#N)C(=O)Nc2c(C)cccc2C)cc1. The average molecular weight is 320 g/mol. The van der Waals surface area contributed by atoms with Crippen LogP contribution in [0.4, 0.5) is 5.69 Å². The van der Waals surface area contributed by atoms with E-state index in [0.29, 0.717) is 5.69 Å². The van der Waals surface area contributed by atoms with Crippen LogP contribution in [0, 0.1) is 38.0 Å². The molecule has 4 heteroatoms. The lowest BCUT2D eigenvalue weighted by molar-refractivity contribution is -0.128. The van der Waals surface area contributed by atoms with Crippen molar-refractivity contribution < 1.29 is 9.59 Å². The molecule has 2 aromatic carbocycles. The quantitative estimate of drug-likeness (QED) is 0.857. The van der Waals surface area contributed by atoms with E-state index in [4.69, 9.17) is 0 Å². The van der Waals surface area contributed by atoms with Gasteiger partial charge >= 0.3 is 0 Å². The van der Waals surface area contributed by atoms with Gasteiger partial charge < -0.3 is 5.32 Å². The van der Waals surface area contributed by atoms with Crippen molar-refractivity contribution in [3.63, 3.8) is 0 Å². The van der Waals surface area contributed by atoms with Crippen molar-refractivity contribution in [2.75, 3.05) is 5.32 Å². The molecule has 0 radical (unpaired) electrons. The number of carbonyl (C=O) groups is 2. The summed E-state index contributed by atoms with van der Waals surface area (Å²) in [5, 5.41) is 12.0. The predicted octanol–water partition coefficient (Wildman–Crippen LogP) is 3.50. The average Bonchev–Trinajstić information content (AvgIpc) is 2.54. The van der Waals surface area contributed by atoms with Crippen molar-refractivity contribution in [2.24, 2.45) is 5.92 Å². The molecule has 0 saturated carbocycles. The smallest absolute Gasteiger partial charge is 0.249 e. The minimum absolute atomic E-state index is 0.0681. The van der Waals surface area contributed by atoms with Gasteiger partial charge in [0.25, 0.3) is 0 Å². The van der Waals surface area contributed by atoms with Crippen LogP contribution in [0.5, 0.6) is 0 Å². The van der Waals surface area contributed by atoms with Gasteiger partial charge in [0.2, 0.25) is 5.91 Å². The Bertz CT molecular complexity index is 781. The summed E-state index contributed by atoms with van der Waals surface area (Å²) in [6.45, 7) is 5.71. The lowest BCUT2D eigenvalue weighted by Gasteiger charge is -2.14. The van der Waals surface area contributed by atoms with Gasteiger partial charge in [-0.2, -0.15) is 5.26 Å². The van der Waals surface area contributed by atoms with E-state index in [-0.39, 0.29) is 6.42 Å². The number of aryl methyl sites for hydroxylation is 3. The molecule has 1 atom stereocenters. The molecule has 0 fully saturated rings. The molecule has 1 amide bonds. The van der Waals surface area contributed by atoms with Crippen molar-refractivity contribution in [1.82, 2.24) is 0 Å². The van der Waals surface area contributed by atoms with Crippen LogP contribution in [-0.4, -0.2) is 11.7 Å². The zero-order valence-corrected chi connectivity index (χ0v) is 14.1. The lowest BCUT2D eigenvalue weighted by Crippen LogP contribution is -2.30. The summed E-state index contributed by atoms with van der Waals surface area (Å²) in [6, 6.07) is 15.0. The Morgan fingerprint density at radius 1 is 1.04 bits per heavy atom. The number of amides is 1. The molecule has 0 aliphatic carbocycles. The van der Waals surface area contributed by atoms with Gasteiger partial charge in [-0.25, -0.2) is 0 Å². The summed E-state index contributed by atoms with van der Waals surface area (Å²) in [6.07, 6.45) is 0.0681. The summed E-state index contributed by atoms with van der Waals surface area (Å²) < 4.78 is 0. The minimum atomic E-state index is -1.31. The third kappa shape index (κ3) is 4.08. The zero-order chi connectivity index (χ0) is 17.7. The normalized spacial score (nSPS) is 11.4. The number of ketones is 1. The minimum Gasteiger partial charge on any atom is -0.324 e. The highest BCUT2D eigenvalue weighted by atomic mass is 16.2. The number of nitrogens with one attached hydrogen (secondary N) is 1. The molecule has 4 nitrogen and oxygen atoms in total. The second-order valence-electron chi connectivity index (χ2n) is 5.95. The van der Waals surface area contributed by atoms with Crippen LogP contribution in [0.25, 0.3) is 0 Å². The molecule has 2 aromatic rings. The number of Topliss-reactive ketones (excluding diaryl/α,β-unsaturated/α-hetero) is 1. The monoisotopic (exact) mass is 320 g/mol. The standard InChI is InChI=1S/C20H20N2O2/c1-13-7-9-16(10-8-13)11-18(23)17(12-21)20(24)22-19-14(2)5-4-6-15(19)3/h4-10,17H,11H2,1-3H3,(H,22,24). The molecule has 1 N–H and O–H groups in total. The van der Waals surface area contributed by atoms with Crippen LogP contribution in [-0.2, 0) is 16.0 Å². The van der Waals surface area contributed by atoms with Crippen LogP contribution < -0.4 is 5.32 Å². The van der Waals surface area contributed by atoms with E-state index in [0.717, 1.165) is 22.3 Å².